The predicted octanol–water partition coefficient (Wildman–Crippen LogP) is 1.04. The molecule has 13 heavy (non-hydrogen) atoms. The second-order valence-corrected chi connectivity index (χ2v) is 4.04. The van der Waals surface area contributed by atoms with E-state index in [-0.39, 0.29) is 5.78 Å². The summed E-state index contributed by atoms with van der Waals surface area (Å²) in [7, 11) is 0. The Bertz CT molecular complexity index is 619. The smallest absolute Gasteiger partial charge is 0.179 e. The van der Waals surface area contributed by atoms with Gasteiger partial charge in [-0.25, -0.2) is 0 Å². The Balaban J connectivity index is 2.69. The van der Waals surface area contributed by atoms with Crippen molar-refractivity contribution in [1.29, 1.82) is 0 Å². The van der Waals surface area contributed by atoms with Crippen LogP contribution in [0.4, 0.5) is 0 Å². The van der Waals surface area contributed by atoms with Gasteiger partial charge in [-0.15, -0.1) is 11.3 Å². The van der Waals surface area contributed by atoms with Gasteiger partial charge in [-0.2, -0.15) is 0 Å². The first-order chi connectivity index (χ1) is 6.34. The summed E-state index contributed by atoms with van der Waals surface area (Å²) in [4.78, 5) is 11.2. The summed E-state index contributed by atoms with van der Waals surface area (Å²) in [6.07, 6.45) is 3.40. The first-order valence-corrected chi connectivity index (χ1v) is 4.96. The molecule has 0 aliphatic heterocycles. The number of hydrogen-bond donors (Lipinski definition) is 0. The van der Waals surface area contributed by atoms with Gasteiger partial charge in [-0.3, -0.25) is 4.79 Å². The third kappa shape index (κ3) is 0.892. The molecule has 0 radical (unpaired) electrons. The van der Waals surface area contributed by atoms with Crippen molar-refractivity contribution in [3.8, 4) is 0 Å². The summed E-state index contributed by atoms with van der Waals surface area (Å²) in [5.74, 6) is 0.105. The maximum absolute atomic E-state index is 11.2. The molecule has 0 amide bonds. The molecular weight excluding hydrogens is 180 g/mol. The summed E-state index contributed by atoms with van der Waals surface area (Å²) in [5, 5.41) is 5.39. The minimum absolute atomic E-state index is 0.105. The predicted molar refractivity (Wildman–Crippen MR) is 55.0 cm³/mol. The molecule has 0 atom stereocenters. The normalized spacial score (nSPS) is 14.0. The van der Waals surface area contributed by atoms with Crippen LogP contribution >= 0.6 is 11.3 Å². The first kappa shape index (κ1) is 7.04. The quantitative estimate of drug-likeness (QED) is 0.601. The monoisotopic (exact) mass is 186 g/mol. The number of Topliss-reactive ketones (excluding diaryl/α,β-unsaturated/α-hetero) is 1. The molecule has 1 aliphatic carbocycles. The maximum atomic E-state index is 11.2. The van der Waals surface area contributed by atoms with Crippen LogP contribution in [0.1, 0.15) is 0 Å². The van der Waals surface area contributed by atoms with Gasteiger partial charge in [-0.1, -0.05) is 6.07 Å². The summed E-state index contributed by atoms with van der Waals surface area (Å²) < 4.78 is 1.25. The molecule has 2 heteroatoms. The van der Waals surface area contributed by atoms with Crippen LogP contribution in [0.3, 0.4) is 0 Å². The lowest BCUT2D eigenvalue weighted by molar-refractivity contribution is -0.107. The van der Waals surface area contributed by atoms with Gasteiger partial charge in [0.2, 0.25) is 0 Å². The van der Waals surface area contributed by atoms with Crippen molar-refractivity contribution in [3.63, 3.8) is 0 Å². The molecule has 0 unspecified atom stereocenters. The highest BCUT2D eigenvalue weighted by Gasteiger charge is 2.04. The zero-order valence-corrected chi connectivity index (χ0v) is 7.60. The minimum Gasteiger partial charge on any atom is -0.290 e. The summed E-state index contributed by atoms with van der Waals surface area (Å²) >= 11 is 1.71. The highest BCUT2D eigenvalue weighted by molar-refractivity contribution is 7.17. The molecule has 1 nitrogen and oxygen atoms in total. The Kier molecular flexibility index (Phi) is 1.24. The molecule has 0 bridgehead atoms. The summed E-state index contributed by atoms with van der Waals surface area (Å²) in [5.41, 5.74) is 0. The van der Waals surface area contributed by atoms with Crippen LogP contribution < -0.4 is 10.4 Å². The lowest BCUT2D eigenvalue weighted by atomic mass is 10.2. The highest BCUT2D eigenvalue weighted by atomic mass is 32.1. The lowest BCUT2D eigenvalue weighted by Gasteiger charge is -1.88. The van der Waals surface area contributed by atoms with E-state index in [1.54, 1.807) is 23.5 Å². The fourth-order valence-corrected chi connectivity index (χ4v) is 2.51. The molecule has 2 aromatic rings. The van der Waals surface area contributed by atoms with Crippen LogP contribution in [-0.2, 0) is 4.79 Å². The largest absolute Gasteiger partial charge is 0.290 e. The third-order valence-electron chi connectivity index (χ3n) is 2.29. The van der Waals surface area contributed by atoms with Crippen LogP contribution in [0.25, 0.3) is 22.2 Å². The molecule has 0 N–H and O–H groups in total. The van der Waals surface area contributed by atoms with Gasteiger partial charge in [0.25, 0.3) is 0 Å². The number of carbonyl (C=O) groups excluding carboxylic acids is 1. The zero-order valence-electron chi connectivity index (χ0n) is 6.78. The van der Waals surface area contributed by atoms with Crippen molar-refractivity contribution in [2.75, 3.05) is 0 Å². The number of fused-ring (bicyclic) bond motifs is 3. The van der Waals surface area contributed by atoms with Crippen molar-refractivity contribution in [2.45, 2.75) is 0 Å². The van der Waals surface area contributed by atoms with Crippen LogP contribution in [0, 0.1) is 0 Å². The van der Waals surface area contributed by atoms with E-state index in [2.05, 4.69) is 17.5 Å². The van der Waals surface area contributed by atoms with E-state index in [1.165, 1.54) is 10.1 Å². The molecule has 3 rings (SSSR count). The van der Waals surface area contributed by atoms with Gasteiger partial charge in [0.15, 0.2) is 5.78 Å². The molecule has 0 spiro atoms. The van der Waals surface area contributed by atoms with E-state index in [4.69, 9.17) is 0 Å². The van der Waals surface area contributed by atoms with Crippen molar-refractivity contribution < 1.29 is 4.79 Å². The average molecular weight is 186 g/mol. The van der Waals surface area contributed by atoms with Crippen molar-refractivity contribution in [1.82, 2.24) is 0 Å². The number of thiophene rings is 1. The minimum atomic E-state index is 0.105. The van der Waals surface area contributed by atoms with E-state index >= 15 is 0 Å². The molecular formula is C11H6OS. The van der Waals surface area contributed by atoms with Crippen LogP contribution in [0.15, 0.2) is 23.6 Å². The molecule has 0 saturated heterocycles. The topological polar surface area (TPSA) is 17.1 Å². The summed E-state index contributed by atoms with van der Waals surface area (Å²) in [6.45, 7) is 0. The Hall–Kier alpha value is -1.41. The number of hydrogen-bond acceptors (Lipinski definition) is 2. The molecule has 1 aromatic carbocycles. The van der Waals surface area contributed by atoms with Gasteiger partial charge in [-0.05, 0) is 40.1 Å². The summed E-state index contributed by atoms with van der Waals surface area (Å²) in [6, 6.07) is 6.15. The first-order valence-electron chi connectivity index (χ1n) is 4.08. The van der Waals surface area contributed by atoms with Crippen molar-refractivity contribution in [3.05, 3.63) is 34.0 Å². The second kappa shape index (κ2) is 2.30. The van der Waals surface area contributed by atoms with E-state index in [1.807, 2.05) is 6.07 Å². The highest BCUT2D eigenvalue weighted by Crippen LogP contribution is 2.15. The number of benzene rings is 1. The third-order valence-corrected chi connectivity index (χ3v) is 3.18. The van der Waals surface area contributed by atoms with Gasteiger partial charge >= 0.3 is 0 Å². The van der Waals surface area contributed by atoms with E-state index in [0.29, 0.717) is 0 Å². The van der Waals surface area contributed by atoms with Crippen LogP contribution in [0.5, 0.6) is 0 Å². The number of ketones is 1. The van der Waals surface area contributed by atoms with E-state index in [9.17, 15) is 4.79 Å². The Labute approximate surface area is 78.6 Å². The maximum Gasteiger partial charge on any atom is 0.179 e. The van der Waals surface area contributed by atoms with Gasteiger partial charge in [0.1, 0.15) is 0 Å². The molecule has 0 saturated carbocycles. The lowest BCUT2D eigenvalue weighted by Crippen LogP contribution is -2.20. The van der Waals surface area contributed by atoms with Crippen LogP contribution in [0.2, 0.25) is 0 Å². The zero-order chi connectivity index (χ0) is 8.84. The Morgan fingerprint density at radius 3 is 2.92 bits per heavy atom. The van der Waals surface area contributed by atoms with Crippen molar-refractivity contribution in [2.24, 2.45) is 0 Å². The fraction of sp³-hybridized carbons (Fsp3) is 0. The Morgan fingerprint density at radius 1 is 1.08 bits per heavy atom. The fourth-order valence-electron chi connectivity index (χ4n) is 1.71. The molecule has 1 aliphatic rings. The van der Waals surface area contributed by atoms with E-state index < -0.39 is 0 Å². The SMILES string of the molecule is O=C1C=c2ccc3sccc3c2=C1. The van der Waals surface area contributed by atoms with Gasteiger partial charge in [0.05, 0.1) is 0 Å². The number of rotatable bonds is 0. The molecule has 1 aromatic heterocycles. The molecule has 0 fully saturated rings. The standard InChI is InChI=1S/C11H6OS/c12-8-5-7-1-2-11-9(3-4-13-11)10(7)6-8/h1-6H. The molecule has 62 valence electrons. The molecule has 1 heterocycles. The van der Waals surface area contributed by atoms with Gasteiger partial charge in [0, 0.05) is 10.1 Å². The number of carbonyl (C=O) groups is 1. The average Bonchev–Trinajstić information content (AvgIpc) is 2.65. The Morgan fingerprint density at radius 2 is 2.00 bits per heavy atom. The van der Waals surface area contributed by atoms with Crippen LogP contribution in [-0.4, -0.2) is 5.78 Å². The van der Waals surface area contributed by atoms with Gasteiger partial charge < -0.3 is 0 Å². The van der Waals surface area contributed by atoms with E-state index in [0.717, 1.165) is 10.4 Å². The second-order valence-electron chi connectivity index (χ2n) is 3.09. The van der Waals surface area contributed by atoms with Crippen molar-refractivity contribution >= 4 is 39.4 Å².